The van der Waals surface area contributed by atoms with Crippen molar-refractivity contribution in [1.82, 2.24) is 0 Å². The van der Waals surface area contributed by atoms with Gasteiger partial charge in [-0.25, -0.2) is 0 Å². The van der Waals surface area contributed by atoms with Gasteiger partial charge in [-0.15, -0.1) is 6.42 Å². The van der Waals surface area contributed by atoms with E-state index in [4.69, 9.17) is 21.4 Å². The lowest BCUT2D eigenvalue weighted by Gasteiger charge is -2.28. The fourth-order valence-electron chi connectivity index (χ4n) is 0.973. The van der Waals surface area contributed by atoms with Crippen molar-refractivity contribution in [2.75, 3.05) is 6.61 Å². The molecule has 0 aromatic heterocycles. The van der Waals surface area contributed by atoms with E-state index in [0.717, 1.165) is 0 Å². The van der Waals surface area contributed by atoms with Crippen molar-refractivity contribution >= 4 is 0 Å². The summed E-state index contributed by atoms with van der Waals surface area (Å²) in [6.07, 6.45) is 3.22. The Hall–Kier alpha value is -1.02. The maximum Gasteiger partial charge on any atom is 0.169 e. The smallest absolute Gasteiger partial charge is 0.169 e. The van der Waals surface area contributed by atoms with Gasteiger partial charge in [0, 0.05) is 0 Å². The van der Waals surface area contributed by atoms with Crippen LogP contribution in [0.15, 0.2) is 11.8 Å². The van der Waals surface area contributed by atoms with Crippen molar-refractivity contribution < 1.29 is 20.1 Å². The summed E-state index contributed by atoms with van der Waals surface area (Å²) < 4.78 is 4.93. The molecule has 12 heavy (non-hydrogen) atoms. The average molecular weight is 170 g/mol. The van der Waals surface area contributed by atoms with E-state index in [2.05, 4.69) is 5.92 Å². The molecule has 0 spiro atoms. The number of hydrogen-bond acceptors (Lipinski definition) is 4. The standard InChI is InChI=1S/C8H10O4/c1-2-5-3-6(10)8(11)7(4-9)12-5/h1,3,6-11H,4H2/t6-,7-,8+/m1/s1. The van der Waals surface area contributed by atoms with Crippen LogP contribution in [0, 0.1) is 12.3 Å². The first kappa shape index (κ1) is 9.07. The van der Waals surface area contributed by atoms with E-state index in [1.165, 1.54) is 6.08 Å². The lowest BCUT2D eigenvalue weighted by atomic mass is 10.1. The average Bonchev–Trinajstić information content (AvgIpc) is 2.09. The monoisotopic (exact) mass is 170 g/mol. The highest BCUT2D eigenvalue weighted by molar-refractivity contribution is 5.23. The first-order valence-corrected chi connectivity index (χ1v) is 3.51. The summed E-state index contributed by atoms with van der Waals surface area (Å²) >= 11 is 0. The van der Waals surface area contributed by atoms with Gasteiger partial charge in [0.1, 0.15) is 12.2 Å². The maximum absolute atomic E-state index is 9.20. The number of rotatable bonds is 1. The molecule has 0 saturated carbocycles. The van der Waals surface area contributed by atoms with Crippen molar-refractivity contribution in [3.8, 4) is 12.3 Å². The third kappa shape index (κ3) is 1.59. The highest BCUT2D eigenvalue weighted by Crippen LogP contribution is 2.16. The molecule has 0 aromatic carbocycles. The van der Waals surface area contributed by atoms with Gasteiger partial charge in [-0.2, -0.15) is 0 Å². The predicted octanol–water partition coefficient (Wildman–Crippen LogP) is -1.38. The first-order chi connectivity index (χ1) is 5.69. The Kier molecular flexibility index (Phi) is 2.71. The molecule has 4 nitrogen and oxygen atoms in total. The molecule has 66 valence electrons. The van der Waals surface area contributed by atoms with Crippen LogP contribution in [0.5, 0.6) is 0 Å². The second kappa shape index (κ2) is 3.59. The third-order valence-electron chi connectivity index (χ3n) is 1.65. The summed E-state index contributed by atoms with van der Waals surface area (Å²) in [5, 5.41) is 27.1. The third-order valence-corrected chi connectivity index (χ3v) is 1.65. The van der Waals surface area contributed by atoms with E-state index in [1.54, 1.807) is 0 Å². The largest absolute Gasteiger partial charge is 0.477 e. The molecule has 0 fully saturated rings. The van der Waals surface area contributed by atoms with Crippen LogP contribution in [0.3, 0.4) is 0 Å². The Labute approximate surface area is 70.1 Å². The minimum Gasteiger partial charge on any atom is -0.477 e. The van der Waals surface area contributed by atoms with Crippen LogP contribution in [-0.4, -0.2) is 40.2 Å². The minimum absolute atomic E-state index is 0.145. The molecule has 0 saturated heterocycles. The fourth-order valence-corrected chi connectivity index (χ4v) is 0.973. The second-order valence-corrected chi connectivity index (χ2v) is 2.50. The second-order valence-electron chi connectivity index (χ2n) is 2.50. The molecular formula is C8H10O4. The molecule has 0 radical (unpaired) electrons. The molecule has 1 aliphatic rings. The molecule has 3 atom stereocenters. The van der Waals surface area contributed by atoms with Gasteiger partial charge in [0.25, 0.3) is 0 Å². The first-order valence-electron chi connectivity index (χ1n) is 3.51. The quantitative estimate of drug-likeness (QED) is 0.424. The highest BCUT2D eigenvalue weighted by Gasteiger charge is 2.31. The number of terminal acetylenes is 1. The minimum atomic E-state index is -1.12. The van der Waals surface area contributed by atoms with Crippen LogP contribution in [0.4, 0.5) is 0 Å². The molecular weight excluding hydrogens is 160 g/mol. The van der Waals surface area contributed by atoms with Gasteiger partial charge in [0.15, 0.2) is 11.9 Å². The van der Waals surface area contributed by atoms with Gasteiger partial charge in [-0.3, -0.25) is 0 Å². The van der Waals surface area contributed by atoms with Gasteiger partial charge >= 0.3 is 0 Å². The van der Waals surface area contributed by atoms with Crippen LogP contribution in [0.25, 0.3) is 0 Å². The van der Waals surface area contributed by atoms with Gasteiger partial charge in [-0.1, -0.05) is 0 Å². The number of aliphatic hydroxyl groups is 3. The summed E-state index contributed by atoms with van der Waals surface area (Å²) in [6, 6.07) is 0. The summed E-state index contributed by atoms with van der Waals surface area (Å²) in [6.45, 7) is -0.378. The molecule has 4 heteroatoms. The zero-order valence-corrected chi connectivity index (χ0v) is 6.34. The molecule has 1 aliphatic heterocycles. The maximum atomic E-state index is 9.20. The highest BCUT2D eigenvalue weighted by atomic mass is 16.5. The topological polar surface area (TPSA) is 69.9 Å². The summed E-state index contributed by atoms with van der Waals surface area (Å²) in [7, 11) is 0. The van der Waals surface area contributed by atoms with E-state index in [0.29, 0.717) is 0 Å². The number of ether oxygens (including phenoxy) is 1. The van der Waals surface area contributed by atoms with E-state index in [-0.39, 0.29) is 12.4 Å². The fraction of sp³-hybridized carbons (Fsp3) is 0.500. The van der Waals surface area contributed by atoms with Crippen LogP contribution in [-0.2, 0) is 4.74 Å². The molecule has 0 aliphatic carbocycles. The number of aliphatic hydroxyl groups excluding tert-OH is 3. The zero-order chi connectivity index (χ0) is 9.14. The van der Waals surface area contributed by atoms with Crippen molar-refractivity contribution in [3.05, 3.63) is 11.8 Å². The molecule has 1 rings (SSSR count). The van der Waals surface area contributed by atoms with Crippen LogP contribution >= 0.6 is 0 Å². The van der Waals surface area contributed by atoms with Crippen molar-refractivity contribution in [3.63, 3.8) is 0 Å². The van der Waals surface area contributed by atoms with Crippen molar-refractivity contribution in [2.45, 2.75) is 18.3 Å². The van der Waals surface area contributed by atoms with E-state index < -0.39 is 18.3 Å². The van der Waals surface area contributed by atoms with Crippen molar-refractivity contribution in [2.24, 2.45) is 0 Å². The normalized spacial score (nSPS) is 34.8. The van der Waals surface area contributed by atoms with Crippen LogP contribution in [0.1, 0.15) is 0 Å². The van der Waals surface area contributed by atoms with Gasteiger partial charge in [0.2, 0.25) is 0 Å². The summed E-state index contributed by atoms with van der Waals surface area (Å²) in [5.74, 6) is 2.32. The van der Waals surface area contributed by atoms with Crippen LogP contribution < -0.4 is 0 Å². The van der Waals surface area contributed by atoms with Gasteiger partial charge < -0.3 is 20.1 Å². The Balaban J connectivity index is 2.77. The molecule has 0 unspecified atom stereocenters. The van der Waals surface area contributed by atoms with Gasteiger partial charge in [-0.05, 0) is 12.0 Å². The Bertz CT molecular complexity index is 228. The lowest BCUT2D eigenvalue weighted by molar-refractivity contribution is -0.0868. The Morgan fingerprint density at radius 2 is 2.25 bits per heavy atom. The SMILES string of the molecule is C#CC1=C[C@@H](O)[C@H](O)[C@@H](CO)O1. The lowest BCUT2D eigenvalue weighted by Crippen LogP contribution is -2.43. The van der Waals surface area contributed by atoms with E-state index in [1.807, 2.05) is 0 Å². The number of hydrogen-bond donors (Lipinski definition) is 3. The molecule has 0 aromatic rings. The molecule has 1 heterocycles. The summed E-state index contributed by atoms with van der Waals surface area (Å²) in [4.78, 5) is 0. The molecule has 3 N–H and O–H groups in total. The zero-order valence-electron chi connectivity index (χ0n) is 6.34. The molecule has 0 bridgehead atoms. The van der Waals surface area contributed by atoms with Crippen LogP contribution in [0.2, 0.25) is 0 Å². The Morgan fingerprint density at radius 1 is 1.58 bits per heavy atom. The predicted molar refractivity (Wildman–Crippen MR) is 40.9 cm³/mol. The number of allylic oxidation sites excluding steroid dienone is 1. The van der Waals surface area contributed by atoms with Crippen molar-refractivity contribution in [1.29, 1.82) is 0 Å². The van der Waals surface area contributed by atoms with E-state index >= 15 is 0 Å². The summed E-state index contributed by atoms with van der Waals surface area (Å²) in [5.41, 5.74) is 0. The Morgan fingerprint density at radius 3 is 2.75 bits per heavy atom. The molecule has 0 amide bonds. The van der Waals surface area contributed by atoms with E-state index in [9.17, 15) is 5.11 Å². The van der Waals surface area contributed by atoms with Gasteiger partial charge in [0.05, 0.1) is 6.61 Å².